The Hall–Kier alpha value is -3.15. The molecule has 0 unspecified atom stereocenters. The van der Waals surface area contributed by atoms with E-state index in [0.29, 0.717) is 12.8 Å². The van der Waals surface area contributed by atoms with E-state index in [1.807, 2.05) is 48.5 Å². The fourth-order valence-electron chi connectivity index (χ4n) is 3.54. The third kappa shape index (κ3) is 4.53. The smallest absolute Gasteiger partial charge is 0.311 e. The molecule has 0 saturated carbocycles. The van der Waals surface area contributed by atoms with Crippen molar-refractivity contribution in [1.82, 2.24) is 5.32 Å². The van der Waals surface area contributed by atoms with Crippen LogP contribution in [0, 0.1) is 0 Å². The Kier molecular flexibility index (Phi) is 5.54. The maximum Gasteiger partial charge on any atom is 0.311 e. The molecule has 2 atom stereocenters. The largest absolute Gasteiger partial charge is 0.481 e. The normalized spacial score (nSPS) is 18.4. The van der Waals surface area contributed by atoms with E-state index in [9.17, 15) is 19.5 Å². The lowest BCUT2D eigenvalue weighted by molar-refractivity contribution is -0.139. The number of carboxylic acids is 2. The lowest BCUT2D eigenvalue weighted by Gasteiger charge is -2.30. The van der Waals surface area contributed by atoms with Gasteiger partial charge < -0.3 is 15.5 Å². The number of benzene rings is 2. The van der Waals surface area contributed by atoms with Crippen molar-refractivity contribution < 1.29 is 24.6 Å². The average Bonchev–Trinajstić information content (AvgIpc) is 2.66. The summed E-state index contributed by atoms with van der Waals surface area (Å²) in [5, 5.41) is 21.1. The average molecular weight is 367 g/mol. The Balaban J connectivity index is 1.81. The number of hydrogen-bond acceptors (Lipinski definition) is 3. The molecule has 0 saturated heterocycles. The molecule has 0 fully saturated rings. The quantitative estimate of drug-likeness (QED) is 0.728. The van der Waals surface area contributed by atoms with Crippen LogP contribution in [0.1, 0.15) is 36.3 Å². The molecule has 1 aliphatic carbocycles. The van der Waals surface area contributed by atoms with Crippen LogP contribution in [-0.4, -0.2) is 34.1 Å². The van der Waals surface area contributed by atoms with Crippen LogP contribution in [0.15, 0.2) is 48.5 Å². The van der Waals surface area contributed by atoms with E-state index in [1.165, 1.54) is 0 Å². The van der Waals surface area contributed by atoms with Crippen LogP contribution in [-0.2, 0) is 20.8 Å². The highest BCUT2D eigenvalue weighted by Gasteiger charge is 2.32. The first kappa shape index (κ1) is 18.6. The number of carboxylic acid groups (broad SMARTS) is 2. The third-order valence-corrected chi connectivity index (χ3v) is 4.84. The zero-order chi connectivity index (χ0) is 19.4. The maximum absolute atomic E-state index is 11.9. The molecule has 1 amide bonds. The van der Waals surface area contributed by atoms with E-state index in [4.69, 9.17) is 5.11 Å². The Labute approximate surface area is 156 Å². The van der Waals surface area contributed by atoms with Gasteiger partial charge in [0, 0.05) is 12.5 Å². The molecule has 1 aliphatic rings. The van der Waals surface area contributed by atoms with Crippen molar-refractivity contribution in [2.45, 2.75) is 37.6 Å². The predicted octanol–water partition coefficient (Wildman–Crippen LogP) is 2.82. The molecule has 3 rings (SSSR count). The van der Waals surface area contributed by atoms with Gasteiger partial charge in [-0.05, 0) is 35.1 Å². The Morgan fingerprint density at radius 1 is 0.963 bits per heavy atom. The number of rotatable bonds is 6. The Morgan fingerprint density at radius 3 is 2.37 bits per heavy atom. The summed E-state index contributed by atoms with van der Waals surface area (Å²) in [4.78, 5) is 34.3. The fraction of sp³-hybridized carbons (Fsp3) is 0.286. The fourth-order valence-corrected chi connectivity index (χ4v) is 3.54. The first-order valence-electron chi connectivity index (χ1n) is 8.86. The summed E-state index contributed by atoms with van der Waals surface area (Å²) in [5.74, 6) is -3.03. The molecule has 140 valence electrons. The van der Waals surface area contributed by atoms with E-state index in [-0.39, 0.29) is 24.8 Å². The summed E-state index contributed by atoms with van der Waals surface area (Å²) in [6.07, 6.45) is 0.480. The Morgan fingerprint density at radius 2 is 1.70 bits per heavy atom. The maximum atomic E-state index is 11.9. The molecule has 27 heavy (non-hydrogen) atoms. The number of amides is 1. The molecule has 2 aromatic carbocycles. The molecule has 0 radical (unpaired) electrons. The molecule has 0 spiro atoms. The molecule has 0 aliphatic heterocycles. The van der Waals surface area contributed by atoms with Gasteiger partial charge in [0.15, 0.2) is 0 Å². The van der Waals surface area contributed by atoms with Crippen LogP contribution in [0.5, 0.6) is 0 Å². The molecular formula is C21H21NO5. The number of fused-ring (bicyclic) bond motifs is 1. The lowest BCUT2D eigenvalue weighted by atomic mass is 9.79. The number of carbonyl (C=O) groups excluding carboxylic acids is 1. The number of nitrogens with one attached hydrogen (secondary N) is 1. The van der Waals surface area contributed by atoms with Crippen molar-refractivity contribution in [2.75, 3.05) is 0 Å². The monoisotopic (exact) mass is 367 g/mol. The van der Waals surface area contributed by atoms with Crippen LogP contribution in [0.4, 0.5) is 0 Å². The van der Waals surface area contributed by atoms with Crippen molar-refractivity contribution in [3.63, 3.8) is 0 Å². The standard InChI is InChI=1S/C21H21NO5/c23-19(8-9-20(24)25)22-16-10-15-7-6-14(13-4-2-1-3-5-13)11-17(15)18(12-16)21(26)27/h1-7,11,16,18H,8-10,12H2,(H,22,23)(H,24,25)(H,26,27)/t16-,18+/m1/s1. The highest BCUT2D eigenvalue weighted by molar-refractivity contribution is 5.82. The van der Waals surface area contributed by atoms with Gasteiger partial charge in [-0.25, -0.2) is 0 Å². The van der Waals surface area contributed by atoms with Gasteiger partial charge in [0.05, 0.1) is 12.3 Å². The van der Waals surface area contributed by atoms with E-state index in [0.717, 1.165) is 22.3 Å². The van der Waals surface area contributed by atoms with Crippen molar-refractivity contribution in [3.8, 4) is 11.1 Å². The molecule has 6 nitrogen and oxygen atoms in total. The summed E-state index contributed by atoms with van der Waals surface area (Å²) in [5.41, 5.74) is 3.66. The summed E-state index contributed by atoms with van der Waals surface area (Å²) in [7, 11) is 0. The van der Waals surface area contributed by atoms with Crippen molar-refractivity contribution in [3.05, 3.63) is 59.7 Å². The first-order valence-corrected chi connectivity index (χ1v) is 8.86. The van der Waals surface area contributed by atoms with Crippen LogP contribution in [0.2, 0.25) is 0 Å². The summed E-state index contributed by atoms with van der Waals surface area (Å²) in [6, 6.07) is 15.2. The van der Waals surface area contributed by atoms with Gasteiger partial charge in [-0.3, -0.25) is 14.4 Å². The highest BCUT2D eigenvalue weighted by Crippen LogP contribution is 2.35. The Bertz CT molecular complexity index is 862. The van der Waals surface area contributed by atoms with E-state index in [2.05, 4.69) is 5.32 Å². The molecular weight excluding hydrogens is 346 g/mol. The molecule has 2 aromatic rings. The van der Waals surface area contributed by atoms with E-state index in [1.54, 1.807) is 0 Å². The number of carbonyl (C=O) groups is 3. The van der Waals surface area contributed by atoms with Crippen molar-refractivity contribution in [2.24, 2.45) is 0 Å². The van der Waals surface area contributed by atoms with E-state index < -0.39 is 17.9 Å². The number of hydrogen-bond donors (Lipinski definition) is 3. The van der Waals surface area contributed by atoms with Crippen LogP contribution < -0.4 is 5.32 Å². The topological polar surface area (TPSA) is 104 Å². The van der Waals surface area contributed by atoms with Gasteiger partial charge in [-0.1, -0.05) is 48.5 Å². The second kappa shape index (κ2) is 8.03. The van der Waals surface area contributed by atoms with Crippen LogP contribution >= 0.6 is 0 Å². The van der Waals surface area contributed by atoms with Gasteiger partial charge in [0.1, 0.15) is 0 Å². The SMILES string of the molecule is O=C(O)CCC(=O)N[C@@H]1Cc2ccc(-c3ccccc3)cc2[C@@H](C(=O)O)C1. The summed E-state index contributed by atoms with van der Waals surface area (Å²) < 4.78 is 0. The molecule has 0 bridgehead atoms. The summed E-state index contributed by atoms with van der Waals surface area (Å²) in [6.45, 7) is 0. The minimum absolute atomic E-state index is 0.108. The lowest BCUT2D eigenvalue weighted by Crippen LogP contribution is -2.41. The first-order chi connectivity index (χ1) is 12.9. The predicted molar refractivity (Wildman–Crippen MR) is 99.4 cm³/mol. The van der Waals surface area contributed by atoms with Crippen LogP contribution in [0.25, 0.3) is 11.1 Å². The van der Waals surface area contributed by atoms with Gasteiger partial charge in [-0.2, -0.15) is 0 Å². The van der Waals surface area contributed by atoms with Gasteiger partial charge in [0.25, 0.3) is 0 Å². The highest BCUT2D eigenvalue weighted by atomic mass is 16.4. The molecule has 3 N–H and O–H groups in total. The molecule has 0 aromatic heterocycles. The second-order valence-corrected chi connectivity index (χ2v) is 6.77. The van der Waals surface area contributed by atoms with Gasteiger partial charge >= 0.3 is 11.9 Å². The zero-order valence-corrected chi connectivity index (χ0v) is 14.7. The van der Waals surface area contributed by atoms with Crippen molar-refractivity contribution in [1.29, 1.82) is 0 Å². The molecule has 0 heterocycles. The van der Waals surface area contributed by atoms with Gasteiger partial charge in [-0.15, -0.1) is 0 Å². The number of aliphatic carboxylic acids is 2. The van der Waals surface area contributed by atoms with Crippen LogP contribution in [0.3, 0.4) is 0 Å². The molecule has 6 heteroatoms. The minimum atomic E-state index is -1.03. The van der Waals surface area contributed by atoms with E-state index >= 15 is 0 Å². The second-order valence-electron chi connectivity index (χ2n) is 6.77. The van der Waals surface area contributed by atoms with Crippen molar-refractivity contribution >= 4 is 17.8 Å². The third-order valence-electron chi connectivity index (χ3n) is 4.84. The zero-order valence-electron chi connectivity index (χ0n) is 14.7. The summed E-state index contributed by atoms with van der Waals surface area (Å²) >= 11 is 0. The minimum Gasteiger partial charge on any atom is -0.481 e. The van der Waals surface area contributed by atoms with Gasteiger partial charge in [0.2, 0.25) is 5.91 Å².